The number of pyridine rings is 2. The van der Waals surface area contributed by atoms with Crippen LogP contribution in [0.3, 0.4) is 0 Å². The third-order valence-corrected chi connectivity index (χ3v) is 6.83. The first-order valence-corrected chi connectivity index (χ1v) is 12.8. The van der Waals surface area contributed by atoms with Crippen LogP contribution < -0.4 is 4.74 Å². The van der Waals surface area contributed by atoms with Crippen molar-refractivity contribution in [3.63, 3.8) is 0 Å². The first kappa shape index (κ1) is 23.7. The second-order valence-electron chi connectivity index (χ2n) is 9.68. The van der Waals surface area contributed by atoms with E-state index in [1.807, 2.05) is 73.8 Å². The average molecular weight is 527 g/mol. The van der Waals surface area contributed by atoms with Gasteiger partial charge in [0.1, 0.15) is 23.9 Å². The Balaban J connectivity index is 1.25. The van der Waals surface area contributed by atoms with Crippen LogP contribution in [0.4, 0.5) is 4.39 Å². The van der Waals surface area contributed by atoms with Crippen LogP contribution in [0.5, 0.6) is 5.75 Å². The molecule has 4 aromatic heterocycles. The molecule has 7 aromatic rings. The lowest BCUT2D eigenvalue weighted by Gasteiger charge is -2.08. The summed E-state index contributed by atoms with van der Waals surface area (Å²) in [5.74, 6) is 0.983. The van der Waals surface area contributed by atoms with Crippen molar-refractivity contribution in [2.24, 2.45) is 0 Å². The van der Waals surface area contributed by atoms with Gasteiger partial charge in [-0.1, -0.05) is 42.5 Å². The van der Waals surface area contributed by atoms with Gasteiger partial charge in [-0.2, -0.15) is 5.10 Å². The van der Waals surface area contributed by atoms with Crippen LogP contribution in [0.1, 0.15) is 11.1 Å². The molecule has 4 heterocycles. The molecule has 0 spiro atoms. The number of rotatable bonds is 6. The highest BCUT2D eigenvalue weighted by Crippen LogP contribution is 2.33. The number of imidazole rings is 1. The fourth-order valence-corrected chi connectivity index (χ4v) is 4.93. The van der Waals surface area contributed by atoms with Crippen molar-refractivity contribution in [3.05, 3.63) is 114 Å². The standard InChI is InChI=1S/C32H23FN6O/c1-19-11-22(13-24(33)12-19)26-9-10-35-31-29(26)36-32(37-31)30-27-15-21(7-8-28(27)38-39-30)23-14-25(17-34-16-23)40-18-20-5-3-2-4-6-20/h2-17H,18H2,1H3,(H,38,39)(H,35,36,37). The molecule has 3 aromatic carbocycles. The summed E-state index contributed by atoms with van der Waals surface area (Å²) in [6, 6.07) is 24.9. The smallest absolute Gasteiger partial charge is 0.178 e. The molecule has 0 aliphatic rings. The molecule has 0 radical (unpaired) electrons. The minimum Gasteiger partial charge on any atom is -0.487 e. The van der Waals surface area contributed by atoms with Crippen LogP contribution >= 0.6 is 0 Å². The van der Waals surface area contributed by atoms with Crippen molar-refractivity contribution >= 4 is 22.1 Å². The lowest BCUT2D eigenvalue weighted by Crippen LogP contribution is -1.95. The average Bonchev–Trinajstić information content (AvgIpc) is 3.60. The van der Waals surface area contributed by atoms with E-state index < -0.39 is 0 Å². The third kappa shape index (κ3) is 4.45. The molecule has 0 amide bonds. The van der Waals surface area contributed by atoms with Crippen molar-refractivity contribution < 1.29 is 9.13 Å². The lowest BCUT2D eigenvalue weighted by atomic mass is 10.0. The van der Waals surface area contributed by atoms with E-state index in [0.717, 1.165) is 49.8 Å². The summed E-state index contributed by atoms with van der Waals surface area (Å²) in [5.41, 5.74) is 8.21. The summed E-state index contributed by atoms with van der Waals surface area (Å²) in [7, 11) is 0. The third-order valence-electron chi connectivity index (χ3n) is 6.83. The number of H-pyrrole nitrogens is 2. The number of nitrogens with zero attached hydrogens (tertiary/aromatic N) is 4. The van der Waals surface area contributed by atoms with E-state index in [1.165, 1.54) is 12.1 Å². The van der Waals surface area contributed by atoms with E-state index in [4.69, 9.17) is 9.72 Å². The van der Waals surface area contributed by atoms with Gasteiger partial charge >= 0.3 is 0 Å². The Morgan fingerprint density at radius 3 is 2.65 bits per heavy atom. The van der Waals surface area contributed by atoms with Crippen molar-refractivity contribution in [1.82, 2.24) is 30.1 Å². The van der Waals surface area contributed by atoms with Crippen LogP contribution in [0, 0.1) is 12.7 Å². The molecule has 0 fully saturated rings. The molecule has 0 atom stereocenters. The van der Waals surface area contributed by atoms with Crippen LogP contribution in [0.2, 0.25) is 0 Å². The summed E-state index contributed by atoms with van der Waals surface area (Å²) in [6.07, 6.45) is 5.21. The molecule has 0 saturated carbocycles. The number of aromatic amines is 2. The minimum atomic E-state index is -0.283. The highest BCUT2D eigenvalue weighted by Gasteiger charge is 2.17. The highest BCUT2D eigenvalue weighted by molar-refractivity contribution is 5.97. The maximum absolute atomic E-state index is 14.2. The molecule has 40 heavy (non-hydrogen) atoms. The molecule has 0 aliphatic heterocycles. The first-order chi connectivity index (χ1) is 19.6. The maximum atomic E-state index is 14.2. The van der Waals surface area contributed by atoms with Crippen molar-refractivity contribution in [1.29, 1.82) is 0 Å². The van der Waals surface area contributed by atoms with E-state index >= 15 is 0 Å². The monoisotopic (exact) mass is 526 g/mol. The minimum absolute atomic E-state index is 0.283. The Morgan fingerprint density at radius 1 is 0.875 bits per heavy atom. The van der Waals surface area contributed by atoms with Gasteiger partial charge in [0.05, 0.1) is 17.2 Å². The largest absolute Gasteiger partial charge is 0.487 e. The number of hydrogen-bond acceptors (Lipinski definition) is 5. The van der Waals surface area contributed by atoms with E-state index in [9.17, 15) is 4.39 Å². The van der Waals surface area contributed by atoms with E-state index in [1.54, 1.807) is 12.4 Å². The second kappa shape index (κ2) is 9.74. The molecule has 7 rings (SSSR count). The van der Waals surface area contributed by atoms with E-state index in [0.29, 0.717) is 29.5 Å². The number of benzene rings is 3. The summed E-state index contributed by atoms with van der Waals surface area (Å²) in [6.45, 7) is 2.34. The quantitative estimate of drug-likeness (QED) is 0.238. The van der Waals surface area contributed by atoms with Gasteiger partial charge in [-0.25, -0.2) is 14.4 Å². The Morgan fingerprint density at radius 2 is 1.77 bits per heavy atom. The number of aryl methyl sites for hydroxylation is 1. The number of halogens is 1. The summed E-state index contributed by atoms with van der Waals surface area (Å²) < 4.78 is 20.2. The van der Waals surface area contributed by atoms with Gasteiger partial charge in [-0.05, 0) is 65.6 Å². The topological polar surface area (TPSA) is 92.4 Å². The van der Waals surface area contributed by atoms with Crippen LogP contribution in [-0.4, -0.2) is 30.1 Å². The number of aromatic nitrogens is 6. The molecule has 7 nitrogen and oxygen atoms in total. The Bertz CT molecular complexity index is 1980. The molecule has 0 saturated heterocycles. The molecule has 0 aliphatic carbocycles. The number of hydrogen-bond donors (Lipinski definition) is 2. The molecule has 0 bridgehead atoms. The predicted molar refractivity (Wildman–Crippen MR) is 153 cm³/mol. The summed E-state index contributed by atoms with van der Waals surface area (Å²) in [5, 5.41) is 8.56. The van der Waals surface area contributed by atoms with Gasteiger partial charge in [0.2, 0.25) is 0 Å². The van der Waals surface area contributed by atoms with Crippen molar-refractivity contribution in [2.45, 2.75) is 13.5 Å². The van der Waals surface area contributed by atoms with E-state index in [2.05, 4.69) is 31.2 Å². The molecular weight excluding hydrogens is 503 g/mol. The SMILES string of the molecule is Cc1cc(F)cc(-c2ccnc3nc(-c4n[nH]c5ccc(-c6cncc(OCc7ccccc7)c6)cc45)[nH]c23)c1. The van der Waals surface area contributed by atoms with Crippen LogP contribution in [-0.2, 0) is 6.61 Å². The Kier molecular flexibility index (Phi) is 5.78. The van der Waals surface area contributed by atoms with Gasteiger partial charge in [0.15, 0.2) is 11.5 Å². The molecule has 2 N–H and O–H groups in total. The van der Waals surface area contributed by atoms with Gasteiger partial charge < -0.3 is 9.72 Å². The van der Waals surface area contributed by atoms with Crippen LogP contribution in [0.15, 0.2) is 97.5 Å². The van der Waals surface area contributed by atoms with E-state index in [-0.39, 0.29) is 5.82 Å². The molecule has 0 unspecified atom stereocenters. The summed E-state index contributed by atoms with van der Waals surface area (Å²) in [4.78, 5) is 17.0. The van der Waals surface area contributed by atoms with Gasteiger partial charge in [0.25, 0.3) is 0 Å². The normalized spacial score (nSPS) is 11.3. The zero-order chi connectivity index (χ0) is 27.1. The zero-order valence-electron chi connectivity index (χ0n) is 21.5. The maximum Gasteiger partial charge on any atom is 0.178 e. The van der Waals surface area contributed by atoms with Gasteiger partial charge in [-0.15, -0.1) is 0 Å². The van der Waals surface area contributed by atoms with Gasteiger partial charge in [-0.3, -0.25) is 10.1 Å². The summed E-state index contributed by atoms with van der Waals surface area (Å²) >= 11 is 0. The first-order valence-electron chi connectivity index (χ1n) is 12.8. The lowest BCUT2D eigenvalue weighted by molar-refractivity contribution is 0.305. The van der Waals surface area contributed by atoms with Crippen LogP contribution in [0.25, 0.3) is 55.8 Å². The van der Waals surface area contributed by atoms with Crippen molar-refractivity contribution in [2.75, 3.05) is 0 Å². The number of fused-ring (bicyclic) bond motifs is 2. The molecule has 194 valence electrons. The number of nitrogens with one attached hydrogen (secondary N) is 2. The molecular formula is C32H23FN6O. The fraction of sp³-hybridized carbons (Fsp3) is 0.0625. The Labute approximate surface area is 228 Å². The van der Waals surface area contributed by atoms with Gasteiger partial charge in [0, 0.05) is 28.9 Å². The zero-order valence-corrected chi connectivity index (χ0v) is 21.5. The Hall–Kier alpha value is -5.37. The van der Waals surface area contributed by atoms with Crippen molar-refractivity contribution in [3.8, 4) is 39.5 Å². The highest BCUT2D eigenvalue weighted by atomic mass is 19.1. The molecule has 8 heteroatoms. The predicted octanol–water partition coefficient (Wildman–Crippen LogP) is 7.26. The number of ether oxygens (including phenoxy) is 1. The second-order valence-corrected chi connectivity index (χ2v) is 9.68. The fourth-order valence-electron chi connectivity index (χ4n) is 4.93.